The van der Waals surface area contributed by atoms with E-state index in [-0.39, 0.29) is 25.2 Å². The van der Waals surface area contributed by atoms with Gasteiger partial charge in [-0.2, -0.15) is 0 Å². The Labute approximate surface area is 204 Å². The number of carboxylic acid groups (broad SMARTS) is 1. The Morgan fingerprint density at radius 1 is 0.771 bits per heavy atom. The number of primary amides is 2. The monoisotopic (exact) mass is 501 g/mol. The molecule has 0 heterocycles. The minimum absolute atomic E-state index is 0.0562. The Hall–Kier alpha value is -3.26. The van der Waals surface area contributed by atoms with E-state index in [2.05, 4.69) is 16.0 Å². The van der Waals surface area contributed by atoms with E-state index in [0.717, 1.165) is 0 Å². The molecule has 14 nitrogen and oxygen atoms in total. The maximum Gasteiger partial charge on any atom is 0.326 e. The number of aliphatic carboxylic acids is 1. The second kappa shape index (κ2) is 16.4. The van der Waals surface area contributed by atoms with Crippen LogP contribution in [0.15, 0.2) is 0 Å². The lowest BCUT2D eigenvalue weighted by atomic mass is 10.0. The van der Waals surface area contributed by atoms with Crippen LogP contribution < -0.4 is 38.9 Å². The van der Waals surface area contributed by atoms with Gasteiger partial charge in [-0.1, -0.05) is 20.3 Å². The molecule has 0 rings (SSSR count). The second-order valence-electron chi connectivity index (χ2n) is 8.72. The fourth-order valence-corrected chi connectivity index (χ4v) is 3.12. The Morgan fingerprint density at radius 3 is 1.80 bits per heavy atom. The van der Waals surface area contributed by atoms with Crippen LogP contribution in [0.4, 0.5) is 0 Å². The van der Waals surface area contributed by atoms with Gasteiger partial charge in [-0.3, -0.25) is 24.0 Å². The van der Waals surface area contributed by atoms with Gasteiger partial charge >= 0.3 is 5.97 Å². The Morgan fingerprint density at radius 2 is 1.31 bits per heavy atom. The smallest absolute Gasteiger partial charge is 0.326 e. The van der Waals surface area contributed by atoms with Gasteiger partial charge in [-0.15, -0.1) is 0 Å². The zero-order valence-corrected chi connectivity index (χ0v) is 20.2. The van der Waals surface area contributed by atoms with Crippen LogP contribution in [0, 0.1) is 5.92 Å². The standard InChI is InChI=1S/C21H39N7O7/c1-11(2)9-15(21(34)35)28-19(32)13(6-7-16(24)29)26-20(33)14(10-17(25)30)27-18(31)12(23)5-3-4-8-22/h11-15H,3-10,22-23H2,1-2H3,(H2,24,29)(H2,25,30)(H,26,33)(H,27,31)(H,28,32)(H,34,35). The SMILES string of the molecule is CC(C)CC(NC(=O)C(CCC(N)=O)NC(=O)C(CC(N)=O)NC(=O)C(N)CCCCN)C(=O)O. The summed E-state index contributed by atoms with van der Waals surface area (Å²) in [7, 11) is 0. The highest BCUT2D eigenvalue weighted by molar-refractivity contribution is 5.96. The highest BCUT2D eigenvalue weighted by atomic mass is 16.4. The van der Waals surface area contributed by atoms with E-state index in [0.29, 0.717) is 25.8 Å². The Balaban J connectivity index is 5.52. The van der Waals surface area contributed by atoms with E-state index >= 15 is 0 Å². The van der Waals surface area contributed by atoms with E-state index < -0.39 is 66.1 Å². The molecule has 0 bridgehead atoms. The van der Waals surface area contributed by atoms with Crippen molar-refractivity contribution < 1.29 is 33.9 Å². The molecular formula is C21H39N7O7. The fourth-order valence-electron chi connectivity index (χ4n) is 3.12. The van der Waals surface area contributed by atoms with Gasteiger partial charge in [0.25, 0.3) is 0 Å². The molecule has 0 radical (unpaired) electrons. The molecule has 35 heavy (non-hydrogen) atoms. The fraction of sp³-hybridized carbons (Fsp3) is 0.714. The molecule has 0 saturated heterocycles. The lowest BCUT2D eigenvalue weighted by Gasteiger charge is -2.25. The van der Waals surface area contributed by atoms with E-state index in [9.17, 15) is 33.9 Å². The predicted molar refractivity (Wildman–Crippen MR) is 126 cm³/mol. The first kappa shape index (κ1) is 31.7. The molecule has 200 valence electrons. The normalized spacial score (nSPS) is 14.3. The van der Waals surface area contributed by atoms with E-state index in [4.69, 9.17) is 22.9 Å². The summed E-state index contributed by atoms with van der Waals surface area (Å²) in [4.78, 5) is 72.2. The first-order chi connectivity index (χ1) is 16.3. The van der Waals surface area contributed by atoms with Crippen molar-refractivity contribution in [3.63, 3.8) is 0 Å². The van der Waals surface area contributed by atoms with Crippen molar-refractivity contribution in [3.8, 4) is 0 Å². The van der Waals surface area contributed by atoms with Crippen molar-refractivity contribution in [1.82, 2.24) is 16.0 Å². The average molecular weight is 502 g/mol. The van der Waals surface area contributed by atoms with E-state index in [1.54, 1.807) is 13.8 Å². The van der Waals surface area contributed by atoms with Crippen molar-refractivity contribution >= 4 is 35.5 Å². The second-order valence-corrected chi connectivity index (χ2v) is 8.72. The van der Waals surface area contributed by atoms with Gasteiger partial charge in [-0.05, 0) is 38.1 Å². The van der Waals surface area contributed by atoms with Crippen LogP contribution in [0.1, 0.15) is 58.8 Å². The number of hydrogen-bond acceptors (Lipinski definition) is 8. The van der Waals surface area contributed by atoms with Crippen molar-refractivity contribution in [1.29, 1.82) is 0 Å². The molecule has 14 heteroatoms. The molecule has 0 aliphatic rings. The third-order valence-electron chi connectivity index (χ3n) is 4.98. The molecule has 0 aromatic rings. The number of carbonyl (C=O) groups is 6. The Bertz CT molecular complexity index is 760. The molecular weight excluding hydrogens is 462 g/mol. The van der Waals surface area contributed by atoms with Gasteiger partial charge in [0.15, 0.2) is 0 Å². The van der Waals surface area contributed by atoms with Gasteiger partial charge < -0.3 is 44.0 Å². The van der Waals surface area contributed by atoms with Gasteiger partial charge in [0.05, 0.1) is 12.5 Å². The lowest BCUT2D eigenvalue weighted by Crippen LogP contribution is -2.57. The zero-order chi connectivity index (χ0) is 27.1. The maximum atomic E-state index is 12.9. The first-order valence-corrected chi connectivity index (χ1v) is 11.4. The molecule has 4 unspecified atom stereocenters. The summed E-state index contributed by atoms with van der Waals surface area (Å²) >= 11 is 0. The van der Waals surface area contributed by atoms with Gasteiger partial charge in [0, 0.05) is 6.42 Å². The summed E-state index contributed by atoms with van der Waals surface area (Å²) in [5.41, 5.74) is 21.6. The maximum absolute atomic E-state index is 12.9. The van der Waals surface area contributed by atoms with Crippen LogP contribution in [0.3, 0.4) is 0 Å². The molecule has 0 fully saturated rings. The van der Waals surface area contributed by atoms with Gasteiger partial charge in [0.1, 0.15) is 18.1 Å². The largest absolute Gasteiger partial charge is 0.480 e. The molecule has 0 saturated carbocycles. The molecule has 0 aromatic heterocycles. The summed E-state index contributed by atoms with van der Waals surface area (Å²) in [6.07, 6.45) is 0.535. The van der Waals surface area contributed by atoms with Crippen molar-refractivity contribution in [2.75, 3.05) is 6.54 Å². The van der Waals surface area contributed by atoms with Crippen LogP contribution >= 0.6 is 0 Å². The highest BCUT2D eigenvalue weighted by Gasteiger charge is 2.31. The third kappa shape index (κ3) is 13.9. The summed E-state index contributed by atoms with van der Waals surface area (Å²) < 4.78 is 0. The number of unbranched alkanes of at least 4 members (excludes halogenated alkanes) is 1. The number of nitrogens with one attached hydrogen (secondary N) is 3. The van der Waals surface area contributed by atoms with Crippen molar-refractivity contribution in [2.24, 2.45) is 28.9 Å². The molecule has 12 N–H and O–H groups in total. The summed E-state index contributed by atoms with van der Waals surface area (Å²) in [6.45, 7) is 3.97. The van der Waals surface area contributed by atoms with Crippen LogP contribution in [-0.2, 0) is 28.8 Å². The van der Waals surface area contributed by atoms with Gasteiger partial charge in [0.2, 0.25) is 29.5 Å². The molecule has 0 aromatic carbocycles. The lowest BCUT2D eigenvalue weighted by molar-refractivity contribution is -0.143. The van der Waals surface area contributed by atoms with Crippen LogP contribution in [-0.4, -0.2) is 71.3 Å². The minimum atomic E-state index is -1.45. The quantitative estimate of drug-likeness (QED) is 0.0898. The molecule has 4 atom stereocenters. The van der Waals surface area contributed by atoms with Crippen LogP contribution in [0.25, 0.3) is 0 Å². The predicted octanol–water partition coefficient (Wildman–Crippen LogP) is -2.83. The summed E-state index contributed by atoms with van der Waals surface area (Å²) in [6, 6.07) is -5.01. The number of nitrogens with two attached hydrogens (primary N) is 4. The van der Waals surface area contributed by atoms with Crippen LogP contribution in [0.2, 0.25) is 0 Å². The third-order valence-corrected chi connectivity index (χ3v) is 4.98. The average Bonchev–Trinajstić information content (AvgIpc) is 2.74. The zero-order valence-electron chi connectivity index (χ0n) is 20.2. The molecule has 0 aliphatic heterocycles. The summed E-state index contributed by atoms with van der Waals surface area (Å²) in [5, 5.41) is 16.4. The molecule has 0 aliphatic carbocycles. The number of carboxylic acids is 1. The highest BCUT2D eigenvalue weighted by Crippen LogP contribution is 2.07. The van der Waals surface area contributed by atoms with E-state index in [1.165, 1.54) is 0 Å². The van der Waals surface area contributed by atoms with Crippen molar-refractivity contribution in [2.45, 2.75) is 83.0 Å². The summed E-state index contributed by atoms with van der Waals surface area (Å²) in [5.74, 6) is -5.48. The number of amides is 5. The molecule has 0 spiro atoms. The number of carbonyl (C=O) groups excluding carboxylic acids is 5. The first-order valence-electron chi connectivity index (χ1n) is 11.4. The topological polar surface area (TPSA) is 263 Å². The Kier molecular flexibility index (Phi) is 14.9. The van der Waals surface area contributed by atoms with E-state index in [1.807, 2.05) is 0 Å². The van der Waals surface area contributed by atoms with Crippen molar-refractivity contribution in [3.05, 3.63) is 0 Å². The molecule has 5 amide bonds. The van der Waals surface area contributed by atoms with Crippen LogP contribution in [0.5, 0.6) is 0 Å². The number of hydrogen-bond donors (Lipinski definition) is 8. The minimum Gasteiger partial charge on any atom is -0.480 e. The van der Waals surface area contributed by atoms with Gasteiger partial charge in [-0.25, -0.2) is 4.79 Å². The number of rotatable bonds is 18.